The molecule has 1 spiro atoms. The molecule has 1 saturated carbocycles. The van der Waals surface area contributed by atoms with Crippen molar-refractivity contribution >= 4 is 11.8 Å². The van der Waals surface area contributed by atoms with E-state index in [0.717, 1.165) is 12.8 Å². The highest BCUT2D eigenvalue weighted by Gasteiger charge is 2.50. The van der Waals surface area contributed by atoms with Gasteiger partial charge in [0.1, 0.15) is 12.1 Å². The fourth-order valence-corrected chi connectivity index (χ4v) is 2.57. The Bertz CT molecular complexity index is 348. The standard InChI is InChI=1S/C10H13F3N2O2/c11-10(12,13)6-15-5-7(16)14-9(8(15)17)3-1-2-4-9/h1-6H2,(H,14,16). The van der Waals surface area contributed by atoms with E-state index in [1.807, 2.05) is 0 Å². The maximum Gasteiger partial charge on any atom is 0.406 e. The predicted octanol–water partition coefficient (Wildman–Crippen LogP) is 0.820. The first kappa shape index (κ1) is 12.2. The number of amides is 2. The number of rotatable bonds is 1. The van der Waals surface area contributed by atoms with E-state index in [2.05, 4.69) is 5.32 Å². The third kappa shape index (κ3) is 2.37. The number of halogens is 3. The van der Waals surface area contributed by atoms with Crippen molar-refractivity contribution in [2.24, 2.45) is 0 Å². The molecule has 2 amide bonds. The van der Waals surface area contributed by atoms with Crippen molar-refractivity contribution in [3.63, 3.8) is 0 Å². The van der Waals surface area contributed by atoms with Crippen LogP contribution in [0, 0.1) is 0 Å². The monoisotopic (exact) mass is 250 g/mol. The Morgan fingerprint density at radius 2 is 1.82 bits per heavy atom. The average Bonchev–Trinajstić information content (AvgIpc) is 2.61. The number of nitrogens with one attached hydrogen (secondary N) is 1. The molecule has 2 aliphatic rings. The van der Waals surface area contributed by atoms with Crippen molar-refractivity contribution in [3.8, 4) is 0 Å². The Balaban J connectivity index is 2.17. The summed E-state index contributed by atoms with van der Waals surface area (Å²) in [5.74, 6) is -1.09. The lowest BCUT2D eigenvalue weighted by Gasteiger charge is -2.39. The zero-order valence-electron chi connectivity index (χ0n) is 9.14. The average molecular weight is 250 g/mol. The minimum absolute atomic E-state index is 0.436. The molecule has 0 atom stereocenters. The second kappa shape index (κ2) is 3.89. The van der Waals surface area contributed by atoms with Crippen LogP contribution in [0.1, 0.15) is 25.7 Å². The van der Waals surface area contributed by atoms with Gasteiger partial charge in [-0.15, -0.1) is 0 Å². The van der Waals surface area contributed by atoms with Gasteiger partial charge in [-0.05, 0) is 12.8 Å². The van der Waals surface area contributed by atoms with Crippen LogP contribution in [0.3, 0.4) is 0 Å². The third-order valence-electron chi connectivity index (χ3n) is 3.24. The van der Waals surface area contributed by atoms with E-state index in [-0.39, 0.29) is 0 Å². The van der Waals surface area contributed by atoms with Crippen molar-refractivity contribution in [1.29, 1.82) is 0 Å². The lowest BCUT2D eigenvalue weighted by atomic mass is 9.93. The first-order valence-corrected chi connectivity index (χ1v) is 5.50. The molecule has 4 nitrogen and oxygen atoms in total. The van der Waals surface area contributed by atoms with Crippen molar-refractivity contribution in [2.45, 2.75) is 37.4 Å². The quantitative estimate of drug-likeness (QED) is 0.749. The van der Waals surface area contributed by atoms with Gasteiger partial charge >= 0.3 is 6.18 Å². The molecule has 0 aromatic rings. The molecule has 0 bridgehead atoms. The first-order valence-electron chi connectivity index (χ1n) is 5.50. The van der Waals surface area contributed by atoms with Gasteiger partial charge < -0.3 is 10.2 Å². The maximum absolute atomic E-state index is 12.3. The van der Waals surface area contributed by atoms with Crippen LogP contribution in [-0.2, 0) is 9.59 Å². The molecule has 17 heavy (non-hydrogen) atoms. The van der Waals surface area contributed by atoms with E-state index in [0.29, 0.717) is 17.7 Å². The Morgan fingerprint density at radius 1 is 1.24 bits per heavy atom. The summed E-state index contributed by atoms with van der Waals surface area (Å²) in [6.07, 6.45) is -2.08. The fraction of sp³-hybridized carbons (Fsp3) is 0.800. The summed E-state index contributed by atoms with van der Waals surface area (Å²) in [4.78, 5) is 24.0. The Labute approximate surface area is 96.1 Å². The lowest BCUT2D eigenvalue weighted by molar-refractivity contribution is -0.171. The van der Waals surface area contributed by atoms with Gasteiger partial charge in [0, 0.05) is 0 Å². The summed E-state index contributed by atoms with van der Waals surface area (Å²) in [5.41, 5.74) is -1.07. The number of carbonyl (C=O) groups excluding carboxylic acids is 2. The molecule has 1 aliphatic heterocycles. The van der Waals surface area contributed by atoms with Gasteiger partial charge in [-0.25, -0.2) is 0 Å². The maximum atomic E-state index is 12.3. The first-order chi connectivity index (χ1) is 7.82. The van der Waals surface area contributed by atoms with E-state index in [1.54, 1.807) is 0 Å². The van der Waals surface area contributed by atoms with Crippen LogP contribution in [-0.4, -0.2) is 41.5 Å². The molecule has 0 aromatic heterocycles. The molecule has 1 saturated heterocycles. The van der Waals surface area contributed by atoms with Crippen molar-refractivity contribution in [2.75, 3.05) is 13.1 Å². The molecule has 0 radical (unpaired) electrons. The summed E-state index contributed by atoms with van der Waals surface area (Å²) in [7, 11) is 0. The highest BCUT2D eigenvalue weighted by Crippen LogP contribution is 2.34. The molecule has 0 unspecified atom stereocenters. The number of alkyl halides is 3. The van der Waals surface area contributed by atoms with Gasteiger partial charge in [-0.2, -0.15) is 13.2 Å². The van der Waals surface area contributed by atoms with Crippen LogP contribution in [0.15, 0.2) is 0 Å². The Kier molecular flexibility index (Phi) is 2.79. The zero-order chi connectivity index (χ0) is 12.7. The van der Waals surface area contributed by atoms with Crippen LogP contribution in [0.4, 0.5) is 13.2 Å². The number of hydrogen-bond acceptors (Lipinski definition) is 2. The molecule has 1 N–H and O–H groups in total. The Morgan fingerprint density at radius 3 is 2.35 bits per heavy atom. The number of hydrogen-bond donors (Lipinski definition) is 1. The number of nitrogens with zero attached hydrogens (tertiary/aromatic N) is 1. The van der Waals surface area contributed by atoms with E-state index < -0.39 is 36.6 Å². The number of carbonyl (C=O) groups is 2. The lowest BCUT2D eigenvalue weighted by Crippen LogP contribution is -2.66. The smallest absolute Gasteiger partial charge is 0.340 e. The molecule has 1 heterocycles. The van der Waals surface area contributed by atoms with Crippen LogP contribution in [0.2, 0.25) is 0 Å². The fourth-order valence-electron chi connectivity index (χ4n) is 2.57. The van der Waals surface area contributed by atoms with Crippen LogP contribution < -0.4 is 5.32 Å². The van der Waals surface area contributed by atoms with Gasteiger partial charge in [-0.1, -0.05) is 12.8 Å². The molecule has 1 aliphatic carbocycles. The second-order valence-corrected chi connectivity index (χ2v) is 4.61. The molecule has 7 heteroatoms. The summed E-state index contributed by atoms with van der Waals surface area (Å²) >= 11 is 0. The second-order valence-electron chi connectivity index (χ2n) is 4.61. The minimum Gasteiger partial charge on any atom is -0.340 e. The van der Waals surface area contributed by atoms with E-state index in [9.17, 15) is 22.8 Å². The molecule has 2 fully saturated rings. The van der Waals surface area contributed by atoms with Gasteiger partial charge in [0.2, 0.25) is 11.8 Å². The van der Waals surface area contributed by atoms with Crippen molar-refractivity contribution < 1.29 is 22.8 Å². The summed E-state index contributed by atoms with van der Waals surface area (Å²) in [6, 6.07) is 0. The van der Waals surface area contributed by atoms with Crippen LogP contribution in [0.5, 0.6) is 0 Å². The molecule has 0 aromatic carbocycles. The minimum atomic E-state index is -4.47. The molecule has 2 rings (SSSR count). The largest absolute Gasteiger partial charge is 0.406 e. The van der Waals surface area contributed by atoms with Gasteiger partial charge in [0.15, 0.2) is 0 Å². The van der Waals surface area contributed by atoms with Gasteiger partial charge in [-0.3, -0.25) is 9.59 Å². The van der Waals surface area contributed by atoms with E-state index in [4.69, 9.17) is 0 Å². The highest BCUT2D eigenvalue weighted by atomic mass is 19.4. The topological polar surface area (TPSA) is 49.4 Å². The van der Waals surface area contributed by atoms with Crippen molar-refractivity contribution in [3.05, 3.63) is 0 Å². The van der Waals surface area contributed by atoms with E-state index in [1.165, 1.54) is 0 Å². The summed E-state index contributed by atoms with van der Waals surface area (Å²) < 4.78 is 36.9. The normalized spacial score (nSPS) is 24.3. The summed E-state index contributed by atoms with van der Waals surface area (Å²) in [5, 5.41) is 2.56. The molecular formula is C10H13F3N2O2. The Hall–Kier alpha value is -1.27. The van der Waals surface area contributed by atoms with Crippen molar-refractivity contribution in [1.82, 2.24) is 10.2 Å². The summed E-state index contributed by atoms with van der Waals surface area (Å²) in [6.45, 7) is -1.85. The van der Waals surface area contributed by atoms with Gasteiger partial charge in [0.25, 0.3) is 0 Å². The van der Waals surface area contributed by atoms with E-state index >= 15 is 0 Å². The molecule has 96 valence electrons. The predicted molar refractivity (Wildman–Crippen MR) is 52.0 cm³/mol. The third-order valence-corrected chi connectivity index (χ3v) is 3.24. The van der Waals surface area contributed by atoms with Crippen LogP contribution >= 0.6 is 0 Å². The molecular weight excluding hydrogens is 237 g/mol. The highest BCUT2D eigenvalue weighted by molar-refractivity contribution is 5.98. The van der Waals surface area contributed by atoms with Crippen LogP contribution in [0.25, 0.3) is 0 Å². The van der Waals surface area contributed by atoms with Gasteiger partial charge in [0.05, 0.1) is 6.54 Å². The number of piperazine rings is 1. The zero-order valence-corrected chi connectivity index (χ0v) is 9.14. The SMILES string of the molecule is O=C1CN(CC(F)(F)F)C(=O)C2(CCCC2)N1.